The lowest BCUT2D eigenvalue weighted by Crippen LogP contribution is -2.37. The molecular weight excluding hydrogens is 316 g/mol. The normalized spacial score (nSPS) is 12.2. The van der Waals surface area contributed by atoms with Crippen molar-refractivity contribution in [1.29, 1.82) is 0 Å². The van der Waals surface area contributed by atoms with Gasteiger partial charge in [0, 0.05) is 24.2 Å². The van der Waals surface area contributed by atoms with Crippen LogP contribution in [0.25, 0.3) is 0 Å². The summed E-state index contributed by atoms with van der Waals surface area (Å²) in [5.74, 6) is 0. The summed E-state index contributed by atoms with van der Waals surface area (Å²) < 4.78 is 0. The molecule has 0 bridgehead atoms. The maximum absolute atomic E-state index is 11.4. The van der Waals surface area contributed by atoms with Crippen LogP contribution < -0.4 is 5.32 Å². The first-order valence-electron chi connectivity index (χ1n) is 7.82. The van der Waals surface area contributed by atoms with E-state index in [1.54, 1.807) is 0 Å². The van der Waals surface area contributed by atoms with Crippen LogP contribution in [0.15, 0.2) is 6.07 Å². The fourth-order valence-electron chi connectivity index (χ4n) is 2.74. The first kappa shape index (κ1) is 19.8. The van der Waals surface area contributed by atoms with Gasteiger partial charge in [-0.1, -0.05) is 13.8 Å². The third-order valence-corrected chi connectivity index (χ3v) is 4.20. The van der Waals surface area contributed by atoms with Gasteiger partial charge in [0.2, 0.25) is 0 Å². The zero-order valence-electron chi connectivity index (χ0n) is 14.4. The molecule has 0 amide bonds. The van der Waals surface area contributed by atoms with Gasteiger partial charge >= 0.3 is 5.69 Å². The largest absolute Gasteiger partial charge is 0.392 e. The first-order valence-corrected chi connectivity index (χ1v) is 7.82. The molecule has 2 N–H and O–H groups in total. The predicted molar refractivity (Wildman–Crippen MR) is 91.3 cm³/mol. The van der Waals surface area contributed by atoms with E-state index in [1.165, 1.54) is 13.0 Å². The topological polar surface area (TPSA) is 122 Å². The standard InChI is InChI=1S/C15H24N4O5/c1-5-17(6-2)10(3)8-16-14-13(18(21)22)7-12(9-20)11(4)15(14)19(23)24/h7,10,16,20H,5-6,8-9H2,1-4H3. The van der Waals surface area contributed by atoms with Gasteiger partial charge in [0.15, 0.2) is 5.69 Å². The molecule has 24 heavy (non-hydrogen) atoms. The van der Waals surface area contributed by atoms with Crippen molar-refractivity contribution in [2.45, 2.75) is 40.3 Å². The minimum Gasteiger partial charge on any atom is -0.392 e. The van der Waals surface area contributed by atoms with Gasteiger partial charge in [-0.15, -0.1) is 0 Å². The molecule has 0 aliphatic rings. The predicted octanol–water partition coefficient (Wildman–Crippen LogP) is 2.45. The number of aliphatic hydroxyl groups is 1. The molecule has 134 valence electrons. The fraction of sp³-hybridized carbons (Fsp3) is 0.600. The van der Waals surface area contributed by atoms with Crippen molar-refractivity contribution < 1.29 is 15.0 Å². The highest BCUT2D eigenvalue weighted by Gasteiger charge is 2.30. The first-order chi connectivity index (χ1) is 11.3. The quantitative estimate of drug-likeness (QED) is 0.523. The lowest BCUT2D eigenvalue weighted by molar-refractivity contribution is -0.392. The van der Waals surface area contributed by atoms with Gasteiger partial charge in [0.05, 0.1) is 16.5 Å². The molecule has 0 aliphatic carbocycles. The van der Waals surface area contributed by atoms with Crippen LogP contribution in [-0.2, 0) is 6.61 Å². The summed E-state index contributed by atoms with van der Waals surface area (Å²) in [6.45, 7) is 8.90. The van der Waals surface area contributed by atoms with E-state index in [9.17, 15) is 25.3 Å². The van der Waals surface area contributed by atoms with E-state index in [1.807, 2.05) is 20.8 Å². The molecule has 1 aromatic rings. The van der Waals surface area contributed by atoms with Crippen molar-refractivity contribution in [3.8, 4) is 0 Å². The van der Waals surface area contributed by atoms with Crippen LogP contribution in [0, 0.1) is 27.2 Å². The molecule has 1 atom stereocenters. The number of nitrogens with one attached hydrogen (secondary N) is 1. The Hall–Kier alpha value is -2.26. The second-order valence-electron chi connectivity index (χ2n) is 5.53. The van der Waals surface area contributed by atoms with E-state index in [2.05, 4.69) is 10.2 Å². The number of nitrogens with zero attached hydrogens (tertiary/aromatic N) is 3. The zero-order valence-corrected chi connectivity index (χ0v) is 14.4. The Labute approximate surface area is 140 Å². The van der Waals surface area contributed by atoms with Crippen molar-refractivity contribution in [2.75, 3.05) is 25.0 Å². The molecular formula is C15H24N4O5. The molecule has 9 nitrogen and oxygen atoms in total. The summed E-state index contributed by atoms with van der Waals surface area (Å²) in [5, 5.41) is 34.9. The molecule has 1 unspecified atom stereocenters. The molecule has 0 aromatic heterocycles. The minimum absolute atomic E-state index is 0.0528. The number of hydrogen-bond donors (Lipinski definition) is 2. The van der Waals surface area contributed by atoms with Gasteiger partial charge in [-0.25, -0.2) is 0 Å². The summed E-state index contributed by atoms with van der Waals surface area (Å²) in [7, 11) is 0. The third kappa shape index (κ3) is 4.18. The van der Waals surface area contributed by atoms with Crippen LogP contribution in [0.5, 0.6) is 0 Å². The summed E-state index contributed by atoms with van der Waals surface area (Å²) >= 11 is 0. The van der Waals surface area contributed by atoms with Crippen LogP contribution in [0.1, 0.15) is 31.9 Å². The lowest BCUT2D eigenvalue weighted by atomic mass is 10.0. The molecule has 0 heterocycles. The molecule has 1 aromatic carbocycles. The highest BCUT2D eigenvalue weighted by atomic mass is 16.6. The molecule has 0 saturated carbocycles. The number of anilines is 1. The van der Waals surface area contributed by atoms with E-state index >= 15 is 0 Å². The smallest absolute Gasteiger partial charge is 0.302 e. The Kier molecular flexibility index (Phi) is 7.05. The van der Waals surface area contributed by atoms with Crippen molar-refractivity contribution in [3.05, 3.63) is 37.4 Å². The van der Waals surface area contributed by atoms with Crippen LogP contribution in [-0.4, -0.2) is 45.5 Å². The summed E-state index contributed by atoms with van der Waals surface area (Å²) in [5.41, 5.74) is -0.469. The molecule has 0 saturated heterocycles. The Morgan fingerprint density at radius 3 is 2.25 bits per heavy atom. The van der Waals surface area contributed by atoms with Crippen LogP contribution in [0.2, 0.25) is 0 Å². The average molecular weight is 340 g/mol. The maximum Gasteiger partial charge on any atom is 0.302 e. The second-order valence-corrected chi connectivity index (χ2v) is 5.53. The second kappa shape index (κ2) is 8.55. The average Bonchev–Trinajstić information content (AvgIpc) is 2.53. The maximum atomic E-state index is 11.4. The van der Waals surface area contributed by atoms with Gasteiger partial charge in [-0.2, -0.15) is 0 Å². The minimum atomic E-state index is -0.671. The van der Waals surface area contributed by atoms with Crippen LogP contribution in [0.4, 0.5) is 17.1 Å². The molecule has 0 radical (unpaired) electrons. The van der Waals surface area contributed by atoms with Crippen LogP contribution >= 0.6 is 0 Å². The van der Waals surface area contributed by atoms with E-state index in [-0.39, 0.29) is 28.5 Å². The van der Waals surface area contributed by atoms with Gasteiger partial charge in [0.25, 0.3) is 5.69 Å². The van der Waals surface area contributed by atoms with Gasteiger partial charge in [-0.3, -0.25) is 25.1 Å². The van der Waals surface area contributed by atoms with E-state index in [0.717, 1.165) is 13.1 Å². The van der Waals surface area contributed by atoms with E-state index < -0.39 is 22.1 Å². The fourth-order valence-corrected chi connectivity index (χ4v) is 2.74. The summed E-state index contributed by atoms with van der Waals surface area (Å²) in [6.07, 6.45) is 0. The SMILES string of the molecule is CCN(CC)C(C)CNc1c([N+](=O)[O-])cc(CO)c(C)c1[N+](=O)[O-]. The molecule has 0 spiro atoms. The lowest BCUT2D eigenvalue weighted by Gasteiger charge is -2.26. The molecule has 0 fully saturated rings. The molecule has 0 aliphatic heterocycles. The Balaban J connectivity index is 3.31. The van der Waals surface area contributed by atoms with Crippen LogP contribution in [0.3, 0.4) is 0 Å². The summed E-state index contributed by atoms with van der Waals surface area (Å²) in [6, 6.07) is 1.24. The van der Waals surface area contributed by atoms with Crippen molar-refractivity contribution >= 4 is 17.1 Å². The van der Waals surface area contributed by atoms with Crippen molar-refractivity contribution in [2.24, 2.45) is 0 Å². The van der Waals surface area contributed by atoms with Gasteiger partial charge in [-0.05, 0) is 32.5 Å². The number of nitro benzene ring substituents is 2. The zero-order chi connectivity index (χ0) is 18.4. The number of benzene rings is 1. The Bertz CT molecular complexity index is 616. The van der Waals surface area contributed by atoms with Crippen molar-refractivity contribution in [3.63, 3.8) is 0 Å². The number of rotatable bonds is 9. The molecule has 1 rings (SSSR count). The van der Waals surface area contributed by atoms with E-state index in [0.29, 0.717) is 6.54 Å². The van der Waals surface area contributed by atoms with Gasteiger partial charge < -0.3 is 10.4 Å². The number of likely N-dealkylation sites (N-methyl/N-ethyl adjacent to an activating group) is 1. The Morgan fingerprint density at radius 2 is 1.83 bits per heavy atom. The Morgan fingerprint density at radius 1 is 1.25 bits per heavy atom. The number of nitro groups is 2. The number of hydrogen-bond acceptors (Lipinski definition) is 7. The number of aliphatic hydroxyl groups excluding tert-OH is 1. The highest BCUT2D eigenvalue weighted by molar-refractivity contribution is 5.77. The third-order valence-electron chi connectivity index (χ3n) is 4.20. The monoisotopic (exact) mass is 340 g/mol. The van der Waals surface area contributed by atoms with Crippen molar-refractivity contribution in [1.82, 2.24) is 4.90 Å². The highest BCUT2D eigenvalue weighted by Crippen LogP contribution is 2.39. The van der Waals surface area contributed by atoms with E-state index in [4.69, 9.17) is 0 Å². The van der Waals surface area contributed by atoms with Gasteiger partial charge in [0.1, 0.15) is 0 Å². The molecule has 9 heteroatoms. The summed E-state index contributed by atoms with van der Waals surface area (Å²) in [4.78, 5) is 23.6.